The Labute approximate surface area is 275 Å². The third-order valence-electron chi connectivity index (χ3n) is 7.09. The number of hydrogen-bond donors (Lipinski definition) is 3. The van der Waals surface area contributed by atoms with Crippen LogP contribution in [0.1, 0.15) is 28.8 Å². The largest absolute Gasteiger partial charge is 0.480 e. The Balaban J connectivity index is 0.00000276. The molecule has 45 heavy (non-hydrogen) atoms. The Hall–Kier alpha value is -3.90. The Morgan fingerprint density at radius 2 is 1.49 bits per heavy atom. The van der Waals surface area contributed by atoms with Crippen LogP contribution >= 0.6 is 35.1 Å². The summed E-state index contributed by atoms with van der Waals surface area (Å²) in [6.45, 7) is 0.676. The number of hydrogen-bond acceptors (Lipinski definition) is 5. The maximum Gasteiger partial charge on any atom is 0.326 e. The fourth-order valence-corrected chi connectivity index (χ4v) is 6.74. The van der Waals surface area contributed by atoms with E-state index in [1.165, 1.54) is 11.9 Å². The third kappa shape index (κ3) is 9.54. The van der Waals surface area contributed by atoms with Crippen LogP contribution in [-0.4, -0.2) is 56.8 Å². The molecule has 0 unspecified atom stereocenters. The molecular formula is C33H33Cl2N3O6S. The summed E-state index contributed by atoms with van der Waals surface area (Å²) in [6.07, 6.45) is 1.52. The van der Waals surface area contributed by atoms with Gasteiger partial charge in [-0.25, -0.2) is 9.10 Å². The predicted octanol–water partition coefficient (Wildman–Crippen LogP) is 5.55. The van der Waals surface area contributed by atoms with Crippen LogP contribution in [0.25, 0.3) is 11.1 Å². The summed E-state index contributed by atoms with van der Waals surface area (Å²) in [5, 5.41) is 16.5. The zero-order valence-electron chi connectivity index (χ0n) is 24.0. The topological polar surface area (TPSA) is 162 Å². The van der Waals surface area contributed by atoms with Crippen molar-refractivity contribution in [1.82, 2.24) is 9.62 Å². The van der Waals surface area contributed by atoms with Gasteiger partial charge >= 0.3 is 5.97 Å². The summed E-state index contributed by atoms with van der Waals surface area (Å²) in [5.74, 6) is -1.71. The third-order valence-corrected chi connectivity index (χ3v) is 8.64. The Kier molecular flexibility index (Phi) is 13.0. The van der Waals surface area contributed by atoms with E-state index in [0.717, 1.165) is 22.4 Å². The van der Waals surface area contributed by atoms with Crippen molar-refractivity contribution in [2.45, 2.75) is 36.2 Å². The summed E-state index contributed by atoms with van der Waals surface area (Å²) < 4.78 is 1.93. The minimum absolute atomic E-state index is 0. The Bertz CT molecular complexity index is 1590. The molecule has 236 valence electrons. The molecule has 0 saturated carbocycles. The maximum absolute atomic E-state index is 13.2. The first-order chi connectivity index (χ1) is 20.7. The minimum atomic E-state index is -1.12. The second-order valence-electron chi connectivity index (χ2n) is 10.2. The molecule has 7 N–H and O–H groups in total. The van der Waals surface area contributed by atoms with E-state index >= 15 is 0 Å². The number of benzene rings is 4. The molecule has 0 aliphatic carbocycles. The highest BCUT2D eigenvalue weighted by Gasteiger charge is 2.34. The van der Waals surface area contributed by atoms with Gasteiger partial charge in [-0.2, -0.15) is 0 Å². The van der Waals surface area contributed by atoms with Gasteiger partial charge in [0.2, 0.25) is 5.91 Å². The molecule has 1 aliphatic heterocycles. The fourth-order valence-electron chi connectivity index (χ4n) is 4.90. The lowest BCUT2D eigenvalue weighted by molar-refractivity contribution is -0.142. The number of amides is 2. The molecule has 12 heteroatoms. The van der Waals surface area contributed by atoms with Gasteiger partial charge in [-0.1, -0.05) is 77.8 Å². The van der Waals surface area contributed by atoms with Crippen molar-refractivity contribution >= 4 is 58.6 Å². The smallest absolute Gasteiger partial charge is 0.326 e. The number of aliphatic carboxylic acids is 1. The van der Waals surface area contributed by atoms with E-state index in [1.54, 1.807) is 54.6 Å². The Morgan fingerprint density at radius 1 is 0.867 bits per heavy atom. The lowest BCUT2D eigenvalue weighted by Crippen LogP contribution is -2.49. The zero-order chi connectivity index (χ0) is 30.3. The molecular weight excluding hydrogens is 637 g/mol. The number of carbonyl (C=O) groups is 3. The average Bonchev–Trinajstić information content (AvgIpc) is 3.46. The highest BCUT2D eigenvalue weighted by Crippen LogP contribution is 2.34. The van der Waals surface area contributed by atoms with Gasteiger partial charge in [-0.15, -0.1) is 0 Å². The molecule has 0 aromatic heterocycles. The van der Waals surface area contributed by atoms with E-state index in [2.05, 4.69) is 10.6 Å². The summed E-state index contributed by atoms with van der Waals surface area (Å²) in [4.78, 5) is 38.8. The fraction of sp³-hybridized carbons (Fsp3) is 0.182. The van der Waals surface area contributed by atoms with Crippen molar-refractivity contribution in [3.05, 3.63) is 118 Å². The van der Waals surface area contributed by atoms with Gasteiger partial charge < -0.3 is 26.7 Å². The normalized spacial score (nSPS) is 14.8. The SMILES string of the molecule is O.O.O=C(Nc1ccc(C[C@H](NC(=O)[C@H]2CCCN2Sc2cc(Cl)cc(Cl)c2)C(=O)O)cc1)c1ccc(-c2ccccc2)cc1. The van der Waals surface area contributed by atoms with Crippen LogP contribution in [-0.2, 0) is 16.0 Å². The van der Waals surface area contributed by atoms with E-state index in [4.69, 9.17) is 23.2 Å². The van der Waals surface area contributed by atoms with Gasteiger partial charge in [0.15, 0.2) is 0 Å². The molecule has 2 amide bonds. The molecule has 1 fully saturated rings. The van der Waals surface area contributed by atoms with Crippen molar-refractivity contribution in [3.63, 3.8) is 0 Å². The number of halogens is 2. The van der Waals surface area contributed by atoms with Crippen molar-refractivity contribution in [2.75, 3.05) is 11.9 Å². The summed E-state index contributed by atoms with van der Waals surface area (Å²) in [5.41, 5.74) is 3.91. The first-order valence-electron chi connectivity index (χ1n) is 13.7. The minimum Gasteiger partial charge on any atom is -0.480 e. The monoisotopic (exact) mass is 669 g/mol. The van der Waals surface area contributed by atoms with E-state index in [-0.39, 0.29) is 29.2 Å². The molecule has 2 atom stereocenters. The summed E-state index contributed by atoms with van der Waals surface area (Å²) in [7, 11) is 0. The molecule has 0 bridgehead atoms. The van der Waals surface area contributed by atoms with Gasteiger partial charge in [0.05, 0.1) is 6.04 Å². The van der Waals surface area contributed by atoms with E-state index in [0.29, 0.717) is 39.8 Å². The molecule has 0 spiro atoms. The lowest BCUT2D eigenvalue weighted by Gasteiger charge is -2.24. The van der Waals surface area contributed by atoms with Crippen LogP contribution in [0.2, 0.25) is 10.0 Å². The van der Waals surface area contributed by atoms with Crippen LogP contribution in [0, 0.1) is 0 Å². The molecule has 1 aliphatic rings. The summed E-state index contributed by atoms with van der Waals surface area (Å²) in [6, 6.07) is 27.8. The number of nitrogens with zero attached hydrogens (tertiary/aromatic N) is 1. The molecule has 5 rings (SSSR count). The van der Waals surface area contributed by atoms with E-state index in [9.17, 15) is 19.5 Å². The quantitative estimate of drug-likeness (QED) is 0.188. The van der Waals surface area contributed by atoms with Crippen LogP contribution < -0.4 is 10.6 Å². The zero-order valence-corrected chi connectivity index (χ0v) is 26.3. The molecule has 4 aromatic rings. The standard InChI is InChI=1S/C33H29Cl2N3O4S.2H2O/c34-25-18-26(35)20-28(19-25)43-38-16-4-7-30(38)32(40)37-29(33(41)42)17-21-8-14-27(15-9-21)36-31(39)24-12-10-23(11-13-24)22-5-2-1-3-6-22;;/h1-3,5-6,8-15,18-20,29-30H,4,7,16-17H2,(H,36,39)(H,37,40)(H,41,42);2*1H2/t29-,30+;;/m0../s1. The van der Waals surface area contributed by atoms with Gasteiger partial charge in [0.1, 0.15) is 6.04 Å². The van der Waals surface area contributed by atoms with Crippen molar-refractivity contribution < 1.29 is 30.4 Å². The Morgan fingerprint density at radius 3 is 2.11 bits per heavy atom. The highest BCUT2D eigenvalue weighted by atomic mass is 35.5. The molecule has 9 nitrogen and oxygen atoms in total. The lowest BCUT2D eigenvalue weighted by atomic mass is 10.0. The second-order valence-corrected chi connectivity index (χ2v) is 12.2. The van der Waals surface area contributed by atoms with Crippen molar-refractivity contribution in [2.24, 2.45) is 0 Å². The van der Waals surface area contributed by atoms with Crippen molar-refractivity contribution in [3.8, 4) is 11.1 Å². The molecule has 4 aromatic carbocycles. The number of carbonyl (C=O) groups excluding carboxylic acids is 2. The van der Waals surface area contributed by atoms with Crippen LogP contribution in [0.15, 0.2) is 102 Å². The summed E-state index contributed by atoms with van der Waals surface area (Å²) >= 11 is 13.6. The van der Waals surface area contributed by atoms with E-state index in [1.807, 2.05) is 46.8 Å². The van der Waals surface area contributed by atoms with Crippen LogP contribution in [0.5, 0.6) is 0 Å². The van der Waals surface area contributed by atoms with Crippen molar-refractivity contribution in [1.29, 1.82) is 0 Å². The average molecular weight is 671 g/mol. The predicted molar refractivity (Wildman–Crippen MR) is 179 cm³/mol. The molecule has 0 radical (unpaired) electrons. The number of rotatable bonds is 10. The molecule has 1 saturated heterocycles. The first-order valence-corrected chi connectivity index (χ1v) is 15.3. The molecule has 1 heterocycles. The number of anilines is 1. The number of carboxylic acids is 1. The number of nitrogens with one attached hydrogen (secondary N) is 2. The first kappa shape index (κ1) is 35.6. The van der Waals surface area contributed by atoms with Gasteiger partial charge in [0, 0.05) is 39.2 Å². The van der Waals surface area contributed by atoms with Crippen LogP contribution in [0.3, 0.4) is 0 Å². The maximum atomic E-state index is 13.2. The van der Waals surface area contributed by atoms with Gasteiger partial charge in [0.25, 0.3) is 5.91 Å². The van der Waals surface area contributed by atoms with E-state index < -0.39 is 18.1 Å². The number of carboxylic acid groups (broad SMARTS) is 1. The highest BCUT2D eigenvalue weighted by molar-refractivity contribution is 7.97. The van der Waals surface area contributed by atoms with Gasteiger partial charge in [-0.3, -0.25) is 9.59 Å². The van der Waals surface area contributed by atoms with Gasteiger partial charge in [-0.05, 0) is 83.9 Å². The second kappa shape index (κ2) is 16.4. The van der Waals surface area contributed by atoms with Crippen LogP contribution in [0.4, 0.5) is 5.69 Å².